The zero-order valence-corrected chi connectivity index (χ0v) is 24.5. The molecule has 0 aliphatic heterocycles. The number of amides is 1. The number of nitrogens with zero attached hydrogens (tertiary/aromatic N) is 2. The highest BCUT2D eigenvalue weighted by Crippen LogP contribution is 2.43. The van der Waals surface area contributed by atoms with Crippen LogP contribution in [-0.4, -0.2) is 35.8 Å². The van der Waals surface area contributed by atoms with Crippen molar-refractivity contribution in [3.05, 3.63) is 126 Å². The number of allylic oxidation sites excluding steroid dienone is 3. The molecule has 0 radical (unpaired) electrons. The maximum atomic E-state index is 13.7. The summed E-state index contributed by atoms with van der Waals surface area (Å²) in [4.78, 5) is 26.5. The summed E-state index contributed by atoms with van der Waals surface area (Å²) in [5, 5.41) is 1.20. The van der Waals surface area contributed by atoms with Crippen LogP contribution < -0.4 is 0 Å². The number of hydrogen-bond donors (Lipinski definition) is 0. The number of para-hydroxylation sites is 2. The zero-order chi connectivity index (χ0) is 33.1. The molecule has 1 aromatic heterocycles. The first-order valence-electron chi connectivity index (χ1n) is 13.6. The van der Waals surface area contributed by atoms with Gasteiger partial charge in [0.1, 0.15) is 0 Å². The minimum Gasteiger partial charge on any atom is -0.345 e. The van der Waals surface area contributed by atoms with E-state index in [1.807, 2.05) is 19.1 Å². The van der Waals surface area contributed by atoms with Crippen molar-refractivity contribution >= 4 is 34.0 Å². The maximum Gasteiger partial charge on any atom is 0.416 e. The second kappa shape index (κ2) is 12.9. The molecule has 1 heterocycles. The number of hydrogen-bond acceptors (Lipinski definition) is 2. The summed E-state index contributed by atoms with van der Waals surface area (Å²) in [5.74, 6) is -0.500. The molecule has 10 heteroatoms. The predicted octanol–water partition coefficient (Wildman–Crippen LogP) is 9.75. The van der Waals surface area contributed by atoms with Crippen LogP contribution in [0.15, 0.2) is 104 Å². The Labute approximate surface area is 255 Å². The Kier molecular flexibility index (Phi) is 9.37. The van der Waals surface area contributed by atoms with E-state index in [-0.39, 0.29) is 39.5 Å². The first-order chi connectivity index (χ1) is 21.2. The summed E-state index contributed by atoms with van der Waals surface area (Å²) in [5.41, 5.74) is -1.89. The first-order valence-corrected chi connectivity index (χ1v) is 13.6. The molecule has 4 nitrogen and oxygen atoms in total. The summed E-state index contributed by atoms with van der Waals surface area (Å²) in [6, 6.07) is 17.7. The molecule has 0 bridgehead atoms. The average molecular weight is 623 g/mol. The van der Waals surface area contributed by atoms with Crippen LogP contribution in [0.25, 0.3) is 38.6 Å². The lowest BCUT2D eigenvalue weighted by atomic mass is 9.97. The molecule has 0 unspecified atom stereocenters. The Balaban J connectivity index is 0.000000854. The Morgan fingerprint density at radius 2 is 1.42 bits per heavy atom. The Morgan fingerprint density at radius 1 is 0.822 bits per heavy atom. The van der Waals surface area contributed by atoms with Gasteiger partial charge in [0, 0.05) is 36.0 Å². The van der Waals surface area contributed by atoms with Crippen molar-refractivity contribution in [1.29, 1.82) is 0 Å². The quantitative estimate of drug-likeness (QED) is 0.111. The Bertz CT molecular complexity index is 1900. The van der Waals surface area contributed by atoms with Crippen molar-refractivity contribution in [2.75, 3.05) is 14.1 Å². The normalized spacial score (nSPS) is 11.8. The fraction of sp³-hybridized carbons (Fsp3) is 0.143. The van der Waals surface area contributed by atoms with E-state index in [9.17, 15) is 35.9 Å². The highest BCUT2D eigenvalue weighted by atomic mass is 19.4. The van der Waals surface area contributed by atoms with Gasteiger partial charge in [0.25, 0.3) is 5.91 Å². The molecule has 0 N–H and O–H groups in total. The van der Waals surface area contributed by atoms with E-state index in [1.165, 1.54) is 31.1 Å². The van der Waals surface area contributed by atoms with E-state index in [4.69, 9.17) is 0 Å². The van der Waals surface area contributed by atoms with Gasteiger partial charge < -0.3 is 9.47 Å². The monoisotopic (exact) mass is 622 g/mol. The molecule has 0 spiro atoms. The van der Waals surface area contributed by atoms with Gasteiger partial charge in [-0.15, -0.1) is 0 Å². The third-order valence-electron chi connectivity index (χ3n) is 6.98. The molecule has 1 amide bonds. The van der Waals surface area contributed by atoms with Crippen molar-refractivity contribution in [2.24, 2.45) is 0 Å². The largest absolute Gasteiger partial charge is 0.416 e. The molecule has 0 aliphatic carbocycles. The number of carbonyl (C=O) groups excluding carboxylic acids is 2. The van der Waals surface area contributed by atoms with Crippen LogP contribution in [0.3, 0.4) is 0 Å². The molecule has 0 saturated carbocycles. The number of rotatable bonds is 5. The van der Waals surface area contributed by atoms with Crippen LogP contribution in [0.1, 0.15) is 38.8 Å². The number of alkyl halides is 6. The van der Waals surface area contributed by atoms with E-state index in [2.05, 4.69) is 6.58 Å². The predicted molar refractivity (Wildman–Crippen MR) is 165 cm³/mol. The molecule has 0 saturated heterocycles. The summed E-state index contributed by atoms with van der Waals surface area (Å²) in [6.07, 6.45) is -3.95. The van der Waals surface area contributed by atoms with E-state index in [0.29, 0.717) is 34.7 Å². The van der Waals surface area contributed by atoms with Crippen LogP contribution in [0.5, 0.6) is 0 Å². The Hall–Kier alpha value is -5.12. The van der Waals surface area contributed by atoms with Gasteiger partial charge in [-0.05, 0) is 42.8 Å². The standard InChI is InChI=1S/C30H20F6N2O2.C5H8/c1-37(2)28(40)26-17(16-39)7-5-12-25(26)38-24-11-4-3-8-22(24)23-10-6-9-21(27(23)38)18-13-19(29(31,32)33)15-20(14-18)30(34,35)36;1-3-5-4-2/h3-16H,1-2H3;3-5H,1H2,2H3/b;5-4-. The van der Waals surface area contributed by atoms with Gasteiger partial charge in [0.15, 0.2) is 6.29 Å². The third kappa shape index (κ3) is 6.55. The van der Waals surface area contributed by atoms with Crippen LogP contribution in [0, 0.1) is 0 Å². The molecule has 232 valence electrons. The van der Waals surface area contributed by atoms with Crippen molar-refractivity contribution in [1.82, 2.24) is 9.47 Å². The summed E-state index contributed by atoms with van der Waals surface area (Å²) in [7, 11) is 3.01. The van der Waals surface area contributed by atoms with Gasteiger partial charge in [-0.1, -0.05) is 73.3 Å². The lowest BCUT2D eigenvalue weighted by Crippen LogP contribution is -2.24. The van der Waals surface area contributed by atoms with Gasteiger partial charge in [-0.2, -0.15) is 26.3 Å². The molecular weight excluding hydrogens is 594 g/mol. The topological polar surface area (TPSA) is 42.3 Å². The van der Waals surface area contributed by atoms with Gasteiger partial charge in [0.2, 0.25) is 0 Å². The van der Waals surface area contributed by atoms with Gasteiger partial charge in [-0.25, -0.2) is 0 Å². The van der Waals surface area contributed by atoms with E-state index >= 15 is 0 Å². The fourth-order valence-electron chi connectivity index (χ4n) is 5.05. The number of carbonyl (C=O) groups is 2. The summed E-state index contributed by atoms with van der Waals surface area (Å²) in [6.45, 7) is 5.42. The lowest BCUT2D eigenvalue weighted by molar-refractivity contribution is -0.143. The van der Waals surface area contributed by atoms with Crippen molar-refractivity contribution in [3.63, 3.8) is 0 Å². The smallest absolute Gasteiger partial charge is 0.345 e. The molecule has 4 aromatic carbocycles. The average Bonchev–Trinajstić information content (AvgIpc) is 3.34. The maximum absolute atomic E-state index is 13.7. The molecule has 5 aromatic rings. The van der Waals surface area contributed by atoms with E-state index in [0.717, 1.165) is 0 Å². The minimum absolute atomic E-state index is 0.0416. The number of halogens is 6. The highest BCUT2D eigenvalue weighted by Gasteiger charge is 2.37. The van der Waals surface area contributed by atoms with Crippen molar-refractivity contribution in [3.8, 4) is 16.8 Å². The fourth-order valence-corrected chi connectivity index (χ4v) is 5.05. The van der Waals surface area contributed by atoms with Gasteiger partial charge >= 0.3 is 12.4 Å². The molecular formula is C35H28F6N2O2. The number of aldehydes is 1. The summed E-state index contributed by atoms with van der Waals surface area (Å²) < 4.78 is 84.0. The molecule has 45 heavy (non-hydrogen) atoms. The zero-order valence-electron chi connectivity index (χ0n) is 24.5. The number of benzene rings is 4. The lowest BCUT2D eigenvalue weighted by Gasteiger charge is -2.19. The Morgan fingerprint density at radius 3 is 1.96 bits per heavy atom. The van der Waals surface area contributed by atoms with Crippen LogP contribution in [0.4, 0.5) is 26.3 Å². The summed E-state index contributed by atoms with van der Waals surface area (Å²) >= 11 is 0. The number of fused-ring (bicyclic) bond motifs is 3. The van der Waals surface area contributed by atoms with Crippen molar-refractivity contribution < 1.29 is 35.9 Å². The molecule has 0 atom stereocenters. The van der Waals surface area contributed by atoms with Gasteiger partial charge in [-0.3, -0.25) is 9.59 Å². The van der Waals surface area contributed by atoms with E-state index < -0.39 is 29.4 Å². The SMILES string of the molecule is C=C/C=C\C.CN(C)C(=O)c1c(C=O)cccc1-n1c2ccccc2c2cccc(-c3cc(C(F)(F)F)cc(C(F)(F)F)c3)c21. The molecule has 5 rings (SSSR count). The number of aromatic nitrogens is 1. The van der Waals surface area contributed by atoms with Crippen LogP contribution in [-0.2, 0) is 12.4 Å². The van der Waals surface area contributed by atoms with E-state index in [1.54, 1.807) is 59.2 Å². The third-order valence-corrected chi connectivity index (χ3v) is 6.98. The highest BCUT2D eigenvalue weighted by molar-refractivity contribution is 6.15. The van der Waals surface area contributed by atoms with Gasteiger partial charge in [0.05, 0.1) is 33.4 Å². The minimum atomic E-state index is -5.03. The first kappa shape index (κ1) is 32.8. The molecule has 0 fully saturated rings. The van der Waals surface area contributed by atoms with Crippen molar-refractivity contribution in [2.45, 2.75) is 19.3 Å². The molecule has 0 aliphatic rings. The van der Waals surface area contributed by atoms with Crippen LogP contribution >= 0.6 is 0 Å². The second-order valence-corrected chi connectivity index (χ2v) is 10.2. The second-order valence-electron chi connectivity index (χ2n) is 10.2. The van der Waals surface area contributed by atoms with Crippen LogP contribution in [0.2, 0.25) is 0 Å².